The molecule has 0 aliphatic rings. The summed E-state index contributed by atoms with van der Waals surface area (Å²) in [4.78, 5) is 10.9. The van der Waals surface area contributed by atoms with Crippen LogP contribution in [-0.2, 0) is 0 Å². The van der Waals surface area contributed by atoms with E-state index in [9.17, 15) is 4.79 Å². The number of hydrogen-bond acceptors (Lipinski definition) is 1. The smallest absolute Gasteiger partial charge is 0.152 e. The van der Waals surface area contributed by atoms with Gasteiger partial charge in [-0.25, -0.2) is 0 Å². The van der Waals surface area contributed by atoms with Crippen LogP contribution in [0.3, 0.4) is 0 Å². The molecule has 1 nitrogen and oxygen atoms in total. The molecule has 0 heterocycles. The number of benzene rings is 2. The topological polar surface area (TPSA) is 17.1 Å². The summed E-state index contributed by atoms with van der Waals surface area (Å²) in [6.07, 6.45) is 0.840. The molecule has 0 fully saturated rings. The Bertz CT molecular complexity index is 549. The zero-order valence-electron chi connectivity index (χ0n) is 7.43. The van der Waals surface area contributed by atoms with Crippen LogP contribution in [0.5, 0.6) is 0 Å². The third kappa shape index (κ3) is 1.90. The van der Waals surface area contributed by atoms with Gasteiger partial charge in [-0.15, -0.1) is 0 Å². The van der Waals surface area contributed by atoms with Gasteiger partial charge in [-0.2, -0.15) is 0 Å². The molecule has 0 N–H and O–H groups in total. The highest BCUT2D eigenvalue weighted by atomic mass is 79.9. The maximum Gasteiger partial charge on any atom is 0.152 e. The third-order valence-corrected chi connectivity index (χ3v) is 4.30. The maximum absolute atomic E-state index is 10.9. The molecular weight excluding hydrogens is 388 g/mol. The fourth-order valence-corrected chi connectivity index (χ4v) is 3.85. The van der Waals surface area contributed by atoms with E-state index in [1.54, 1.807) is 0 Å². The molecule has 2 aromatic carbocycles. The lowest BCUT2D eigenvalue weighted by molar-refractivity contribution is 0.112. The molecule has 76 valence electrons. The molecule has 15 heavy (non-hydrogen) atoms. The lowest BCUT2D eigenvalue weighted by Crippen LogP contribution is -1.88. The van der Waals surface area contributed by atoms with Gasteiger partial charge in [0.25, 0.3) is 0 Å². The number of carbonyl (C=O) groups is 1. The first kappa shape index (κ1) is 11.3. The number of rotatable bonds is 1. The lowest BCUT2D eigenvalue weighted by atomic mass is 10.1. The number of hydrogen-bond donors (Lipinski definition) is 0. The van der Waals surface area contributed by atoms with Gasteiger partial charge in [0.2, 0.25) is 0 Å². The number of halogens is 3. The molecule has 0 unspecified atom stereocenters. The van der Waals surface area contributed by atoms with Crippen molar-refractivity contribution in [3.05, 3.63) is 43.2 Å². The number of aldehydes is 1. The summed E-state index contributed by atoms with van der Waals surface area (Å²) in [5, 5.41) is 2.09. The summed E-state index contributed by atoms with van der Waals surface area (Å²) < 4.78 is 2.59. The Hall–Kier alpha value is -0.190. The zero-order valence-corrected chi connectivity index (χ0v) is 12.2. The molecule has 2 aromatic rings. The molecule has 0 aliphatic heterocycles. The Morgan fingerprint density at radius 1 is 1.07 bits per heavy atom. The van der Waals surface area contributed by atoms with Gasteiger partial charge in [0.15, 0.2) is 6.29 Å². The van der Waals surface area contributed by atoms with E-state index in [1.807, 2.05) is 24.3 Å². The molecule has 0 saturated carbocycles. The van der Waals surface area contributed by atoms with Gasteiger partial charge < -0.3 is 0 Å². The molecule has 0 aliphatic carbocycles. The van der Waals surface area contributed by atoms with Gasteiger partial charge in [-0.05, 0) is 49.4 Å². The molecule has 0 atom stereocenters. The van der Waals surface area contributed by atoms with Crippen LogP contribution in [0.2, 0.25) is 0 Å². The van der Waals surface area contributed by atoms with Gasteiger partial charge in [0, 0.05) is 24.4 Å². The second-order valence-electron chi connectivity index (χ2n) is 3.04. The van der Waals surface area contributed by atoms with E-state index >= 15 is 0 Å². The highest BCUT2D eigenvalue weighted by Gasteiger charge is 2.11. The van der Waals surface area contributed by atoms with Crippen molar-refractivity contribution in [1.29, 1.82) is 0 Å². The van der Waals surface area contributed by atoms with Crippen molar-refractivity contribution in [1.82, 2.24) is 0 Å². The van der Waals surface area contributed by atoms with Crippen LogP contribution in [0.4, 0.5) is 0 Å². The van der Waals surface area contributed by atoms with Gasteiger partial charge in [0.05, 0.1) is 0 Å². The molecule has 0 aromatic heterocycles. The minimum absolute atomic E-state index is 0.634. The molecule has 0 saturated heterocycles. The van der Waals surface area contributed by atoms with Gasteiger partial charge >= 0.3 is 0 Å². The Kier molecular flexibility index (Phi) is 3.28. The van der Waals surface area contributed by atoms with Crippen molar-refractivity contribution in [2.75, 3.05) is 0 Å². The second kappa shape index (κ2) is 4.36. The van der Waals surface area contributed by atoms with Crippen LogP contribution in [-0.4, -0.2) is 6.29 Å². The van der Waals surface area contributed by atoms with E-state index < -0.39 is 0 Å². The summed E-state index contributed by atoms with van der Waals surface area (Å²) in [6.45, 7) is 0. The summed E-state index contributed by atoms with van der Waals surface area (Å²) in [7, 11) is 0. The Morgan fingerprint density at radius 2 is 1.80 bits per heavy atom. The first-order valence-electron chi connectivity index (χ1n) is 4.16. The van der Waals surface area contributed by atoms with Gasteiger partial charge in [-0.3, -0.25) is 4.79 Å². The van der Waals surface area contributed by atoms with Crippen molar-refractivity contribution < 1.29 is 4.79 Å². The van der Waals surface area contributed by atoms with Gasteiger partial charge in [0.1, 0.15) is 0 Å². The minimum atomic E-state index is 0.634. The van der Waals surface area contributed by atoms with E-state index in [1.165, 1.54) is 0 Å². The van der Waals surface area contributed by atoms with E-state index in [-0.39, 0.29) is 0 Å². The van der Waals surface area contributed by atoms with Crippen LogP contribution in [0.15, 0.2) is 37.7 Å². The Labute approximate surface area is 112 Å². The van der Waals surface area contributed by atoms with Crippen LogP contribution in [0.25, 0.3) is 10.8 Å². The van der Waals surface area contributed by atoms with Crippen LogP contribution < -0.4 is 0 Å². The Morgan fingerprint density at radius 3 is 2.47 bits per heavy atom. The summed E-state index contributed by atoms with van der Waals surface area (Å²) in [6, 6.07) is 7.86. The molecule has 0 spiro atoms. The quantitative estimate of drug-likeness (QED) is 0.628. The average molecular weight is 393 g/mol. The van der Waals surface area contributed by atoms with Crippen molar-refractivity contribution in [3.8, 4) is 0 Å². The first-order valence-corrected chi connectivity index (χ1v) is 6.54. The average Bonchev–Trinajstić information content (AvgIpc) is 2.17. The molecular formula is C11H5Br3O. The van der Waals surface area contributed by atoms with Crippen molar-refractivity contribution >= 4 is 64.8 Å². The standard InChI is InChI=1S/C11H5Br3O/c12-8-3-1-2-6-4-9(13)7(5-15)11(14)10(6)8/h1-5H. The summed E-state index contributed by atoms with van der Waals surface area (Å²) in [5.41, 5.74) is 0.634. The number of carbonyl (C=O) groups excluding carboxylic acids is 1. The lowest BCUT2D eigenvalue weighted by Gasteiger charge is -2.07. The number of fused-ring (bicyclic) bond motifs is 1. The van der Waals surface area contributed by atoms with Gasteiger partial charge in [-0.1, -0.05) is 28.1 Å². The summed E-state index contributed by atoms with van der Waals surface area (Å²) in [5.74, 6) is 0. The van der Waals surface area contributed by atoms with Crippen molar-refractivity contribution in [2.24, 2.45) is 0 Å². The van der Waals surface area contributed by atoms with E-state index in [2.05, 4.69) is 47.8 Å². The molecule has 0 radical (unpaired) electrons. The monoisotopic (exact) mass is 390 g/mol. The molecule has 0 bridgehead atoms. The van der Waals surface area contributed by atoms with E-state index in [0.29, 0.717) is 5.56 Å². The Balaban J connectivity index is 2.98. The van der Waals surface area contributed by atoms with Crippen LogP contribution in [0.1, 0.15) is 10.4 Å². The predicted molar refractivity (Wildman–Crippen MR) is 72.4 cm³/mol. The maximum atomic E-state index is 10.9. The van der Waals surface area contributed by atoms with Crippen molar-refractivity contribution in [2.45, 2.75) is 0 Å². The van der Waals surface area contributed by atoms with Crippen molar-refractivity contribution in [3.63, 3.8) is 0 Å². The normalized spacial score (nSPS) is 10.6. The fraction of sp³-hybridized carbons (Fsp3) is 0. The molecule has 0 amide bonds. The largest absolute Gasteiger partial charge is 0.298 e. The fourth-order valence-electron chi connectivity index (χ4n) is 1.45. The molecule has 4 heteroatoms. The first-order chi connectivity index (χ1) is 7.15. The zero-order chi connectivity index (χ0) is 11.0. The minimum Gasteiger partial charge on any atom is -0.298 e. The predicted octanol–water partition coefficient (Wildman–Crippen LogP) is 4.94. The second-order valence-corrected chi connectivity index (χ2v) is 5.54. The van der Waals surface area contributed by atoms with E-state index in [4.69, 9.17) is 0 Å². The molecule has 2 rings (SSSR count). The summed E-state index contributed by atoms with van der Waals surface area (Å²) >= 11 is 10.3. The highest BCUT2D eigenvalue weighted by molar-refractivity contribution is 9.11. The van der Waals surface area contributed by atoms with E-state index in [0.717, 1.165) is 30.5 Å². The van der Waals surface area contributed by atoms with Crippen LogP contribution in [0, 0.1) is 0 Å². The van der Waals surface area contributed by atoms with Crippen LogP contribution >= 0.6 is 47.8 Å². The third-order valence-electron chi connectivity index (χ3n) is 2.16. The highest BCUT2D eigenvalue weighted by Crippen LogP contribution is 2.36. The SMILES string of the molecule is O=Cc1c(Br)cc2cccc(Br)c2c1Br.